The van der Waals surface area contributed by atoms with Gasteiger partial charge in [-0.05, 0) is 27.7 Å². The number of carbonyl (C=O) groups is 2. The molecule has 0 aliphatic heterocycles. The van der Waals surface area contributed by atoms with Crippen LogP contribution in [-0.2, 0) is 19.1 Å². The molecular formula is C12H23NO5. The van der Waals surface area contributed by atoms with Gasteiger partial charge in [-0.2, -0.15) is 0 Å². The molecule has 1 amide bonds. The maximum absolute atomic E-state index is 11.5. The van der Waals surface area contributed by atoms with Crippen molar-refractivity contribution in [2.45, 2.75) is 52.4 Å². The molecule has 6 nitrogen and oxygen atoms in total. The second kappa shape index (κ2) is 6.70. The van der Waals surface area contributed by atoms with Crippen LogP contribution in [0.1, 0.15) is 41.0 Å². The van der Waals surface area contributed by atoms with Crippen LogP contribution < -0.4 is 5.32 Å². The minimum atomic E-state index is -1.65. The Labute approximate surface area is 108 Å². The van der Waals surface area contributed by atoms with Crippen molar-refractivity contribution in [1.29, 1.82) is 0 Å². The Morgan fingerprint density at radius 3 is 1.83 bits per heavy atom. The van der Waals surface area contributed by atoms with Gasteiger partial charge in [0.15, 0.2) is 11.3 Å². The lowest BCUT2D eigenvalue weighted by atomic mass is 9.91. The second-order valence-corrected chi connectivity index (χ2v) is 4.14. The third-order valence-corrected chi connectivity index (χ3v) is 2.89. The lowest BCUT2D eigenvalue weighted by Crippen LogP contribution is -2.68. The average molecular weight is 261 g/mol. The van der Waals surface area contributed by atoms with E-state index in [1.807, 2.05) is 0 Å². The van der Waals surface area contributed by atoms with Crippen molar-refractivity contribution in [3.8, 4) is 0 Å². The molecule has 0 aromatic heterocycles. The number of aliphatic carboxylic acids is 1. The quantitative estimate of drug-likeness (QED) is 0.640. The Morgan fingerprint density at radius 1 is 1.11 bits per heavy atom. The number of amides is 1. The highest BCUT2D eigenvalue weighted by molar-refractivity contribution is 5.87. The predicted octanol–water partition coefficient (Wildman–Crippen LogP) is 1.15. The van der Waals surface area contributed by atoms with Gasteiger partial charge in [-0.3, -0.25) is 4.79 Å². The third kappa shape index (κ3) is 3.43. The standard InChI is InChI=1S/C12H23NO5/c1-6-9(14)13-11(4,10(15)16)12(5,17-7-2)18-8-3/h6-8H2,1-5H3,(H,13,14)(H,15,16). The van der Waals surface area contributed by atoms with E-state index in [9.17, 15) is 14.7 Å². The van der Waals surface area contributed by atoms with Crippen LogP contribution in [0.15, 0.2) is 0 Å². The van der Waals surface area contributed by atoms with Gasteiger partial charge in [0.05, 0.1) is 0 Å². The van der Waals surface area contributed by atoms with E-state index in [0.29, 0.717) is 0 Å². The van der Waals surface area contributed by atoms with Gasteiger partial charge < -0.3 is 19.9 Å². The summed E-state index contributed by atoms with van der Waals surface area (Å²) in [6.07, 6.45) is 0.192. The molecule has 0 radical (unpaired) electrons. The van der Waals surface area contributed by atoms with Crippen molar-refractivity contribution >= 4 is 11.9 Å². The van der Waals surface area contributed by atoms with Gasteiger partial charge in [-0.1, -0.05) is 6.92 Å². The molecule has 0 aliphatic rings. The van der Waals surface area contributed by atoms with Gasteiger partial charge in [0.1, 0.15) is 0 Å². The van der Waals surface area contributed by atoms with Crippen LogP contribution in [0, 0.1) is 0 Å². The first kappa shape index (κ1) is 16.9. The van der Waals surface area contributed by atoms with Crippen molar-refractivity contribution in [2.75, 3.05) is 13.2 Å². The first-order chi connectivity index (χ1) is 8.27. The molecule has 0 saturated carbocycles. The number of hydrogen-bond acceptors (Lipinski definition) is 4. The fraction of sp³-hybridized carbons (Fsp3) is 0.833. The zero-order valence-electron chi connectivity index (χ0n) is 11.7. The van der Waals surface area contributed by atoms with E-state index < -0.39 is 17.3 Å². The van der Waals surface area contributed by atoms with Crippen LogP contribution in [0.25, 0.3) is 0 Å². The Morgan fingerprint density at radius 2 is 1.56 bits per heavy atom. The summed E-state index contributed by atoms with van der Waals surface area (Å²) in [5, 5.41) is 11.9. The van der Waals surface area contributed by atoms with Crippen LogP contribution in [0.4, 0.5) is 0 Å². The molecule has 106 valence electrons. The van der Waals surface area contributed by atoms with Gasteiger partial charge in [-0.15, -0.1) is 0 Å². The first-order valence-corrected chi connectivity index (χ1v) is 6.09. The summed E-state index contributed by atoms with van der Waals surface area (Å²) in [5.41, 5.74) is -1.65. The molecule has 0 rings (SSSR count). The molecule has 0 aromatic carbocycles. The molecule has 2 N–H and O–H groups in total. The van der Waals surface area contributed by atoms with Crippen LogP contribution >= 0.6 is 0 Å². The number of carboxylic acid groups (broad SMARTS) is 1. The fourth-order valence-electron chi connectivity index (χ4n) is 1.61. The SMILES string of the molecule is CCOC(C)(OCC)C(C)(NC(=O)CC)C(=O)O. The highest BCUT2D eigenvalue weighted by Gasteiger charge is 2.53. The van der Waals surface area contributed by atoms with Crippen molar-refractivity contribution in [3.05, 3.63) is 0 Å². The fourth-order valence-corrected chi connectivity index (χ4v) is 1.61. The molecule has 0 bridgehead atoms. The van der Waals surface area contributed by atoms with Crippen molar-refractivity contribution in [1.82, 2.24) is 5.32 Å². The summed E-state index contributed by atoms with van der Waals surface area (Å²) < 4.78 is 10.8. The highest BCUT2D eigenvalue weighted by atomic mass is 16.7. The molecule has 0 heterocycles. The topological polar surface area (TPSA) is 84.9 Å². The monoisotopic (exact) mass is 261 g/mol. The largest absolute Gasteiger partial charge is 0.479 e. The number of carbonyl (C=O) groups excluding carboxylic acids is 1. The van der Waals surface area contributed by atoms with E-state index in [0.717, 1.165) is 0 Å². The molecule has 1 atom stereocenters. The molecule has 0 saturated heterocycles. The minimum absolute atomic E-state index is 0.192. The van der Waals surface area contributed by atoms with Crippen molar-refractivity contribution in [2.24, 2.45) is 0 Å². The summed E-state index contributed by atoms with van der Waals surface area (Å²) in [7, 11) is 0. The van der Waals surface area contributed by atoms with Crippen LogP contribution in [-0.4, -0.2) is 41.5 Å². The van der Waals surface area contributed by atoms with Gasteiger partial charge >= 0.3 is 5.97 Å². The van der Waals surface area contributed by atoms with Gasteiger partial charge in [0.2, 0.25) is 5.91 Å². The molecule has 1 unspecified atom stereocenters. The van der Waals surface area contributed by atoms with Crippen LogP contribution in [0.5, 0.6) is 0 Å². The number of hydrogen-bond donors (Lipinski definition) is 2. The molecule has 18 heavy (non-hydrogen) atoms. The summed E-state index contributed by atoms with van der Waals surface area (Å²) in [4.78, 5) is 23.0. The first-order valence-electron chi connectivity index (χ1n) is 6.09. The average Bonchev–Trinajstić information content (AvgIpc) is 2.28. The number of nitrogens with one attached hydrogen (secondary N) is 1. The summed E-state index contributed by atoms with van der Waals surface area (Å²) in [6, 6.07) is 0. The van der Waals surface area contributed by atoms with Gasteiger partial charge in [-0.25, -0.2) is 4.79 Å². The number of rotatable bonds is 8. The van der Waals surface area contributed by atoms with Crippen molar-refractivity contribution in [3.63, 3.8) is 0 Å². The van der Waals surface area contributed by atoms with E-state index in [2.05, 4.69) is 5.32 Å². The number of carboxylic acids is 1. The third-order valence-electron chi connectivity index (χ3n) is 2.89. The van der Waals surface area contributed by atoms with E-state index in [1.54, 1.807) is 20.8 Å². The maximum atomic E-state index is 11.5. The molecule has 0 fully saturated rings. The van der Waals surface area contributed by atoms with Crippen LogP contribution in [0.2, 0.25) is 0 Å². The number of ether oxygens (including phenoxy) is 2. The zero-order valence-corrected chi connectivity index (χ0v) is 11.7. The smallest absolute Gasteiger partial charge is 0.334 e. The molecule has 0 aliphatic carbocycles. The highest BCUT2D eigenvalue weighted by Crippen LogP contribution is 2.28. The maximum Gasteiger partial charge on any atom is 0.334 e. The minimum Gasteiger partial charge on any atom is -0.479 e. The van der Waals surface area contributed by atoms with E-state index >= 15 is 0 Å². The Kier molecular flexibility index (Phi) is 6.28. The lowest BCUT2D eigenvalue weighted by molar-refractivity contribution is -0.261. The van der Waals surface area contributed by atoms with Crippen LogP contribution in [0.3, 0.4) is 0 Å². The Balaban J connectivity index is 5.37. The van der Waals surface area contributed by atoms with Gasteiger partial charge in [0.25, 0.3) is 0 Å². The molecular weight excluding hydrogens is 238 g/mol. The second-order valence-electron chi connectivity index (χ2n) is 4.14. The molecule has 0 spiro atoms. The van der Waals surface area contributed by atoms with Crippen molar-refractivity contribution < 1.29 is 24.2 Å². The van der Waals surface area contributed by atoms with E-state index in [-0.39, 0.29) is 25.5 Å². The zero-order chi connectivity index (χ0) is 14.4. The normalized spacial score (nSPS) is 14.9. The summed E-state index contributed by atoms with van der Waals surface area (Å²) in [5.74, 6) is -2.99. The van der Waals surface area contributed by atoms with Gasteiger partial charge in [0, 0.05) is 19.6 Å². The Hall–Kier alpha value is -1.14. The Bertz CT molecular complexity index is 299. The molecule has 0 aromatic rings. The summed E-state index contributed by atoms with van der Waals surface area (Å²) >= 11 is 0. The predicted molar refractivity (Wildman–Crippen MR) is 66.1 cm³/mol. The van der Waals surface area contributed by atoms with E-state index in [1.165, 1.54) is 13.8 Å². The lowest BCUT2D eigenvalue weighted by Gasteiger charge is -2.42. The summed E-state index contributed by atoms with van der Waals surface area (Å²) in [6.45, 7) is 8.58. The van der Waals surface area contributed by atoms with E-state index in [4.69, 9.17) is 9.47 Å². The molecule has 6 heteroatoms.